The Morgan fingerprint density at radius 3 is 2.81 bits per heavy atom. The maximum atomic E-state index is 5.32. The van der Waals surface area contributed by atoms with Crippen LogP contribution in [-0.2, 0) is 13.6 Å². The number of nitrogens with zero attached hydrogens (tertiary/aromatic N) is 1. The van der Waals surface area contributed by atoms with Crippen LogP contribution >= 0.6 is 15.9 Å². The third-order valence-electron chi connectivity index (χ3n) is 3.61. The topological polar surface area (TPSA) is 26.2 Å². The lowest BCUT2D eigenvalue weighted by Crippen LogP contribution is -1.99. The highest BCUT2D eigenvalue weighted by Gasteiger charge is 2.06. The van der Waals surface area contributed by atoms with Gasteiger partial charge < -0.3 is 14.6 Å². The zero-order valence-electron chi connectivity index (χ0n) is 12.1. The van der Waals surface area contributed by atoms with E-state index < -0.39 is 0 Å². The number of halogens is 1. The fourth-order valence-corrected chi connectivity index (χ4v) is 2.94. The Morgan fingerprint density at radius 1 is 1.19 bits per heavy atom. The molecule has 21 heavy (non-hydrogen) atoms. The first-order valence-electron chi connectivity index (χ1n) is 6.79. The summed E-state index contributed by atoms with van der Waals surface area (Å²) in [6.45, 7) is 0.784. The van der Waals surface area contributed by atoms with E-state index in [1.54, 1.807) is 7.11 Å². The lowest BCUT2D eigenvalue weighted by molar-refractivity contribution is 0.412. The molecule has 0 aliphatic heterocycles. The van der Waals surface area contributed by atoms with E-state index in [1.165, 1.54) is 16.5 Å². The van der Waals surface area contributed by atoms with Crippen LogP contribution in [-0.4, -0.2) is 11.7 Å². The molecule has 0 aliphatic carbocycles. The maximum absolute atomic E-state index is 5.32. The second-order valence-electron chi connectivity index (χ2n) is 4.99. The summed E-state index contributed by atoms with van der Waals surface area (Å²) >= 11 is 3.47. The lowest BCUT2D eigenvalue weighted by atomic mass is 10.2. The Kier molecular flexibility index (Phi) is 3.88. The van der Waals surface area contributed by atoms with E-state index in [1.807, 2.05) is 18.2 Å². The third-order valence-corrected chi connectivity index (χ3v) is 4.27. The van der Waals surface area contributed by atoms with Crippen molar-refractivity contribution < 1.29 is 4.74 Å². The molecule has 1 heterocycles. The van der Waals surface area contributed by atoms with Gasteiger partial charge in [0.2, 0.25) is 0 Å². The molecule has 3 nitrogen and oxygen atoms in total. The predicted octanol–water partition coefficient (Wildman–Crippen LogP) is 4.56. The van der Waals surface area contributed by atoms with Gasteiger partial charge in [-0.05, 0) is 39.7 Å². The smallest absolute Gasteiger partial charge is 0.135 e. The largest absolute Gasteiger partial charge is 0.495 e. The molecule has 0 unspecified atom stereocenters. The number of rotatable bonds is 4. The summed E-state index contributed by atoms with van der Waals surface area (Å²) in [7, 11) is 3.75. The maximum Gasteiger partial charge on any atom is 0.135 e. The van der Waals surface area contributed by atoms with Crippen LogP contribution in [0.2, 0.25) is 0 Å². The molecular formula is C17H17BrN2O. The summed E-state index contributed by atoms with van der Waals surface area (Å²) in [6, 6.07) is 14.5. The zero-order chi connectivity index (χ0) is 14.8. The highest BCUT2D eigenvalue weighted by atomic mass is 79.9. The van der Waals surface area contributed by atoms with Gasteiger partial charge in [-0.3, -0.25) is 0 Å². The molecule has 0 spiro atoms. The molecule has 1 aromatic heterocycles. The molecule has 3 aromatic rings. The van der Waals surface area contributed by atoms with Crippen LogP contribution in [0.5, 0.6) is 5.75 Å². The summed E-state index contributed by atoms with van der Waals surface area (Å²) in [5.74, 6) is 0.831. The number of aryl methyl sites for hydroxylation is 1. The quantitative estimate of drug-likeness (QED) is 0.750. The van der Waals surface area contributed by atoms with Gasteiger partial charge in [0.15, 0.2) is 0 Å². The molecule has 4 heteroatoms. The lowest BCUT2D eigenvalue weighted by Gasteiger charge is -2.09. The molecule has 0 radical (unpaired) electrons. The van der Waals surface area contributed by atoms with Gasteiger partial charge in [0.05, 0.1) is 11.6 Å². The molecular weight excluding hydrogens is 328 g/mol. The highest BCUT2D eigenvalue weighted by Crippen LogP contribution is 2.28. The minimum Gasteiger partial charge on any atom is -0.495 e. The molecule has 0 amide bonds. The first kappa shape index (κ1) is 14.0. The van der Waals surface area contributed by atoms with E-state index in [-0.39, 0.29) is 0 Å². The van der Waals surface area contributed by atoms with Crippen LogP contribution < -0.4 is 10.1 Å². The van der Waals surface area contributed by atoms with Gasteiger partial charge in [0.1, 0.15) is 5.75 Å². The van der Waals surface area contributed by atoms with Crippen molar-refractivity contribution in [3.05, 3.63) is 58.7 Å². The van der Waals surface area contributed by atoms with E-state index >= 15 is 0 Å². The summed E-state index contributed by atoms with van der Waals surface area (Å²) in [5.41, 5.74) is 3.58. The molecule has 0 bridgehead atoms. The van der Waals surface area contributed by atoms with E-state index in [0.29, 0.717) is 0 Å². The normalized spacial score (nSPS) is 10.8. The van der Waals surface area contributed by atoms with E-state index in [2.05, 4.69) is 63.3 Å². The number of anilines is 1. The van der Waals surface area contributed by atoms with E-state index in [9.17, 15) is 0 Å². The Balaban J connectivity index is 1.83. The van der Waals surface area contributed by atoms with Crippen LogP contribution in [0.3, 0.4) is 0 Å². The number of nitrogens with one attached hydrogen (secondary N) is 1. The second kappa shape index (κ2) is 5.82. The van der Waals surface area contributed by atoms with Crippen molar-refractivity contribution in [1.29, 1.82) is 0 Å². The monoisotopic (exact) mass is 344 g/mol. The number of fused-ring (bicyclic) bond motifs is 1. The van der Waals surface area contributed by atoms with Crippen LogP contribution in [0.1, 0.15) is 5.56 Å². The summed E-state index contributed by atoms with van der Waals surface area (Å²) in [4.78, 5) is 0. The van der Waals surface area contributed by atoms with Crippen molar-refractivity contribution in [2.45, 2.75) is 6.54 Å². The van der Waals surface area contributed by atoms with E-state index in [0.717, 1.165) is 22.5 Å². The van der Waals surface area contributed by atoms with Crippen LogP contribution in [0.4, 0.5) is 5.69 Å². The molecule has 0 saturated carbocycles. The molecule has 108 valence electrons. The average molecular weight is 345 g/mol. The fraction of sp³-hybridized carbons (Fsp3) is 0.176. The van der Waals surface area contributed by atoms with Crippen molar-refractivity contribution in [1.82, 2.24) is 4.57 Å². The minimum atomic E-state index is 0.784. The predicted molar refractivity (Wildman–Crippen MR) is 90.9 cm³/mol. The Labute approximate surface area is 132 Å². The van der Waals surface area contributed by atoms with Gasteiger partial charge in [-0.25, -0.2) is 0 Å². The van der Waals surface area contributed by atoms with Gasteiger partial charge in [-0.1, -0.05) is 18.2 Å². The molecule has 1 N–H and O–H groups in total. The summed E-state index contributed by atoms with van der Waals surface area (Å²) in [6.07, 6.45) is 2.17. The Morgan fingerprint density at radius 2 is 2.00 bits per heavy atom. The van der Waals surface area contributed by atoms with Gasteiger partial charge in [0, 0.05) is 42.4 Å². The molecule has 0 fully saturated rings. The fourth-order valence-electron chi connectivity index (χ4n) is 2.53. The number of hydrogen-bond acceptors (Lipinski definition) is 2. The number of aromatic nitrogens is 1. The molecule has 2 aromatic carbocycles. The number of hydrogen-bond donors (Lipinski definition) is 1. The molecule has 0 saturated heterocycles. The van der Waals surface area contributed by atoms with Crippen molar-refractivity contribution in [2.75, 3.05) is 12.4 Å². The van der Waals surface area contributed by atoms with Gasteiger partial charge in [0.25, 0.3) is 0 Å². The summed E-state index contributed by atoms with van der Waals surface area (Å²) in [5, 5.41) is 4.74. The summed E-state index contributed by atoms with van der Waals surface area (Å²) < 4.78 is 8.44. The number of para-hydroxylation sites is 1. The first-order valence-corrected chi connectivity index (χ1v) is 7.58. The Bertz CT molecular complexity index is 780. The average Bonchev–Trinajstić information content (AvgIpc) is 2.83. The Hall–Kier alpha value is -1.94. The zero-order valence-corrected chi connectivity index (χ0v) is 13.6. The number of ether oxygens (including phenoxy) is 1. The molecule has 3 rings (SSSR count). The number of methoxy groups -OCH3 is 1. The van der Waals surface area contributed by atoms with Gasteiger partial charge in [-0.15, -0.1) is 0 Å². The SMILES string of the molecule is COc1cc(NCc2cn(C)c3ccccc23)ccc1Br. The van der Waals surface area contributed by atoms with Crippen LogP contribution in [0.15, 0.2) is 53.1 Å². The highest BCUT2D eigenvalue weighted by molar-refractivity contribution is 9.10. The first-order chi connectivity index (χ1) is 10.2. The number of benzene rings is 2. The van der Waals surface area contributed by atoms with E-state index in [4.69, 9.17) is 4.74 Å². The third kappa shape index (κ3) is 2.76. The van der Waals surface area contributed by atoms with Crippen molar-refractivity contribution in [2.24, 2.45) is 7.05 Å². The second-order valence-corrected chi connectivity index (χ2v) is 5.84. The van der Waals surface area contributed by atoms with Gasteiger partial charge in [-0.2, -0.15) is 0 Å². The molecule has 0 aliphatic rings. The van der Waals surface area contributed by atoms with Crippen LogP contribution in [0, 0.1) is 0 Å². The van der Waals surface area contributed by atoms with Crippen molar-refractivity contribution >= 4 is 32.5 Å². The van der Waals surface area contributed by atoms with Crippen LogP contribution in [0.25, 0.3) is 10.9 Å². The van der Waals surface area contributed by atoms with Crippen molar-refractivity contribution in [3.63, 3.8) is 0 Å². The minimum absolute atomic E-state index is 0.784. The molecule has 0 atom stereocenters. The van der Waals surface area contributed by atoms with Crippen molar-refractivity contribution in [3.8, 4) is 5.75 Å². The standard InChI is InChI=1S/C17H17BrN2O/c1-20-11-12(14-5-3-4-6-16(14)20)10-19-13-7-8-15(18)17(9-13)21-2/h3-9,11,19H,10H2,1-2H3. The van der Waals surface area contributed by atoms with Gasteiger partial charge >= 0.3 is 0 Å².